The molecule has 53 heavy (non-hydrogen) atoms. The van der Waals surface area contributed by atoms with Gasteiger partial charge < -0.3 is 30.3 Å². The zero-order chi connectivity index (χ0) is 37.7. The third-order valence-electron chi connectivity index (χ3n) is 10.3. The van der Waals surface area contributed by atoms with Crippen molar-refractivity contribution in [1.82, 2.24) is 15.5 Å². The number of hydrogen-bond acceptors (Lipinski definition) is 7. The van der Waals surface area contributed by atoms with Crippen LogP contribution in [0.2, 0.25) is 0 Å². The Hall–Kier alpha value is -4.38. The van der Waals surface area contributed by atoms with Gasteiger partial charge in [-0.05, 0) is 60.2 Å². The molecule has 1 aliphatic rings. The lowest BCUT2D eigenvalue weighted by atomic mass is 9.89. The molecule has 0 bridgehead atoms. The molecule has 1 fully saturated rings. The molecule has 6 atom stereocenters. The van der Waals surface area contributed by atoms with Crippen molar-refractivity contribution in [3.8, 4) is 11.1 Å². The molecule has 0 unspecified atom stereocenters. The average molecular weight is 722 g/mol. The summed E-state index contributed by atoms with van der Waals surface area (Å²) in [7, 11) is 2.02. The highest BCUT2D eigenvalue weighted by Crippen LogP contribution is 2.42. The van der Waals surface area contributed by atoms with Gasteiger partial charge >= 0.3 is 0 Å². The predicted molar refractivity (Wildman–Crippen MR) is 207 cm³/mol. The van der Waals surface area contributed by atoms with E-state index in [1.807, 2.05) is 98.9 Å². The molecule has 0 aliphatic carbocycles. The minimum absolute atomic E-state index is 0.000144. The zero-order valence-electron chi connectivity index (χ0n) is 31.4. The van der Waals surface area contributed by atoms with Gasteiger partial charge in [0.25, 0.3) is 0 Å². The number of hydrogen-bond donors (Lipinski definition) is 4. The molecule has 0 saturated carbocycles. The first-order valence-corrected chi connectivity index (χ1v) is 18.8. The van der Waals surface area contributed by atoms with Crippen LogP contribution in [0.25, 0.3) is 11.1 Å². The van der Waals surface area contributed by atoms with Crippen LogP contribution in [0.4, 0.5) is 0 Å². The first kappa shape index (κ1) is 39.8. The maximum atomic E-state index is 12.6. The highest BCUT2D eigenvalue weighted by molar-refractivity contribution is 5.76. The lowest BCUT2D eigenvalue weighted by Crippen LogP contribution is -2.46. The Balaban J connectivity index is 1.28. The topological polar surface area (TPSA) is 120 Å². The van der Waals surface area contributed by atoms with Crippen molar-refractivity contribution >= 4 is 11.8 Å². The Morgan fingerprint density at radius 1 is 0.830 bits per heavy atom. The van der Waals surface area contributed by atoms with Crippen molar-refractivity contribution in [2.45, 2.75) is 90.2 Å². The Bertz CT molecular complexity index is 1730. The molecule has 0 aromatic heterocycles. The van der Waals surface area contributed by atoms with Gasteiger partial charge in [-0.1, -0.05) is 116 Å². The number of likely N-dealkylation sites (N-methyl/N-ethyl adjacent to an activating group) is 1. The molecule has 4 N–H and O–H groups in total. The number of nitrogens with one attached hydrogen (secondary N) is 2. The first-order chi connectivity index (χ1) is 25.6. The zero-order valence-corrected chi connectivity index (χ0v) is 31.4. The van der Waals surface area contributed by atoms with Crippen LogP contribution in [0.15, 0.2) is 103 Å². The van der Waals surface area contributed by atoms with E-state index >= 15 is 0 Å². The fourth-order valence-electron chi connectivity index (χ4n) is 6.86. The summed E-state index contributed by atoms with van der Waals surface area (Å²) in [5.41, 5.74) is 6.73. The van der Waals surface area contributed by atoms with Crippen molar-refractivity contribution in [1.29, 1.82) is 0 Å². The minimum atomic E-state index is -0.648. The molecular weight excluding hydrogens is 666 g/mol. The van der Waals surface area contributed by atoms with Gasteiger partial charge in [0.15, 0.2) is 6.29 Å². The van der Waals surface area contributed by atoms with E-state index in [4.69, 9.17) is 9.47 Å². The van der Waals surface area contributed by atoms with Crippen LogP contribution in [0, 0.1) is 5.92 Å². The third-order valence-corrected chi connectivity index (χ3v) is 10.3. The summed E-state index contributed by atoms with van der Waals surface area (Å²) in [6, 6.07) is 33.8. The van der Waals surface area contributed by atoms with Crippen LogP contribution in [0.3, 0.4) is 0 Å². The second-order valence-electron chi connectivity index (χ2n) is 14.2. The molecular formula is C44H55N3O6. The Kier molecular flexibility index (Phi) is 14.7. The quantitative estimate of drug-likeness (QED) is 0.0867. The first-order valence-electron chi connectivity index (χ1n) is 18.8. The number of ether oxygens (including phenoxy) is 2. The molecule has 2 amide bonds. The minimum Gasteiger partial charge on any atom is -0.392 e. The van der Waals surface area contributed by atoms with Crippen LogP contribution in [-0.2, 0) is 32.2 Å². The van der Waals surface area contributed by atoms with Crippen molar-refractivity contribution in [2.24, 2.45) is 5.92 Å². The molecule has 282 valence electrons. The standard InChI is InChI=1S/C44H55N3O6/c1-30-40(28-47(4)31(2)42(51)35-13-7-5-8-14-35)52-44(53-43(30)36-20-18-33(29-48)19-21-36)37-24-22-34(23-25-37)39-16-11-10-15-38(39)27-46-41(50)17-9-6-12-26-45-32(3)49/h5,7-8,10-11,13-16,18-25,30-31,40,42-44,48,51H,6,9,12,17,26-29H2,1-4H3,(H,45,49)(H,46,50)/t30-,31+,40+,42+,43+,44+/m1/s1. The predicted octanol–water partition coefficient (Wildman–Crippen LogP) is 7.00. The van der Waals surface area contributed by atoms with Gasteiger partial charge in [-0.25, -0.2) is 0 Å². The monoisotopic (exact) mass is 721 g/mol. The van der Waals surface area contributed by atoms with Gasteiger partial charge in [-0.15, -0.1) is 0 Å². The maximum absolute atomic E-state index is 12.6. The van der Waals surface area contributed by atoms with E-state index in [0.717, 1.165) is 58.2 Å². The summed E-state index contributed by atoms with van der Waals surface area (Å²) in [4.78, 5) is 25.8. The van der Waals surface area contributed by atoms with Crippen molar-refractivity contribution in [2.75, 3.05) is 20.1 Å². The molecule has 4 aromatic carbocycles. The Labute approximate surface area is 314 Å². The number of carbonyl (C=O) groups excluding carboxylic acids is 2. The normalized spacial score (nSPS) is 19.8. The molecule has 9 nitrogen and oxygen atoms in total. The van der Waals surface area contributed by atoms with Gasteiger partial charge in [0, 0.05) is 50.5 Å². The molecule has 9 heteroatoms. The van der Waals surface area contributed by atoms with Crippen molar-refractivity contribution in [3.63, 3.8) is 0 Å². The summed E-state index contributed by atoms with van der Waals surface area (Å²) in [5, 5.41) is 26.7. The van der Waals surface area contributed by atoms with Gasteiger partial charge in [-0.3, -0.25) is 14.5 Å². The lowest BCUT2D eigenvalue weighted by Gasteiger charge is -2.43. The number of aliphatic hydroxyl groups excluding tert-OH is 2. The molecule has 4 aromatic rings. The highest BCUT2D eigenvalue weighted by Gasteiger charge is 2.39. The number of benzene rings is 4. The molecule has 0 radical (unpaired) electrons. The van der Waals surface area contributed by atoms with Crippen LogP contribution in [-0.4, -0.2) is 59.2 Å². The molecule has 0 spiro atoms. The second kappa shape index (κ2) is 19.6. The Morgan fingerprint density at radius 3 is 2.21 bits per heavy atom. The number of rotatable bonds is 17. The molecule has 1 saturated heterocycles. The average Bonchev–Trinajstić information content (AvgIpc) is 3.19. The van der Waals surface area contributed by atoms with E-state index in [0.29, 0.717) is 26.1 Å². The SMILES string of the molecule is CC(=O)NCCCCCC(=O)NCc1ccccc1-c1ccc([C@H]2O[C@@H](CN(C)[C@@H](C)[C@H](O)c3ccccc3)[C@@H](C)[C@@H](c3ccc(CO)cc3)O2)cc1. The van der Waals surface area contributed by atoms with Gasteiger partial charge in [0.05, 0.1) is 24.9 Å². The fourth-order valence-corrected chi connectivity index (χ4v) is 6.86. The van der Waals surface area contributed by atoms with Gasteiger partial charge in [0.1, 0.15) is 0 Å². The Morgan fingerprint density at radius 2 is 1.51 bits per heavy atom. The summed E-state index contributed by atoms with van der Waals surface area (Å²) in [6.07, 6.45) is 1.24. The van der Waals surface area contributed by atoms with E-state index in [9.17, 15) is 19.8 Å². The van der Waals surface area contributed by atoms with Crippen LogP contribution >= 0.6 is 0 Å². The fraction of sp³-hybridized carbons (Fsp3) is 0.409. The highest BCUT2D eigenvalue weighted by atomic mass is 16.7. The van der Waals surface area contributed by atoms with Gasteiger partial charge in [-0.2, -0.15) is 0 Å². The van der Waals surface area contributed by atoms with Crippen LogP contribution < -0.4 is 10.6 Å². The molecule has 1 heterocycles. The number of nitrogens with zero attached hydrogens (tertiary/aromatic N) is 1. The molecule has 5 rings (SSSR count). The summed E-state index contributed by atoms with van der Waals surface area (Å²) in [5.74, 6) is -0.0177. The number of amides is 2. The van der Waals surface area contributed by atoms with E-state index in [1.54, 1.807) is 0 Å². The third kappa shape index (κ3) is 11.1. The summed E-state index contributed by atoms with van der Waals surface area (Å²) >= 11 is 0. The van der Waals surface area contributed by atoms with E-state index in [-0.39, 0.29) is 42.6 Å². The van der Waals surface area contributed by atoms with Crippen LogP contribution in [0.1, 0.15) is 92.8 Å². The summed E-state index contributed by atoms with van der Waals surface area (Å²) in [6.45, 7) is 7.32. The van der Waals surface area contributed by atoms with Crippen molar-refractivity contribution in [3.05, 3.63) is 131 Å². The lowest BCUT2D eigenvalue weighted by molar-refractivity contribution is -0.276. The van der Waals surface area contributed by atoms with E-state index < -0.39 is 12.4 Å². The van der Waals surface area contributed by atoms with Crippen LogP contribution in [0.5, 0.6) is 0 Å². The van der Waals surface area contributed by atoms with Crippen molar-refractivity contribution < 1.29 is 29.3 Å². The van der Waals surface area contributed by atoms with E-state index in [1.165, 1.54) is 6.92 Å². The summed E-state index contributed by atoms with van der Waals surface area (Å²) < 4.78 is 13.4. The van der Waals surface area contributed by atoms with E-state index in [2.05, 4.69) is 40.7 Å². The maximum Gasteiger partial charge on any atom is 0.220 e. The largest absolute Gasteiger partial charge is 0.392 e. The second-order valence-corrected chi connectivity index (χ2v) is 14.2. The number of aliphatic hydroxyl groups is 2. The van der Waals surface area contributed by atoms with Gasteiger partial charge in [0.2, 0.25) is 11.8 Å². The number of unbranched alkanes of at least 4 members (excludes halogenated alkanes) is 2. The smallest absolute Gasteiger partial charge is 0.220 e. The number of carbonyl (C=O) groups is 2. The molecule has 1 aliphatic heterocycles.